The zero-order chi connectivity index (χ0) is 45.8. The van der Waals surface area contributed by atoms with Gasteiger partial charge in [-0.1, -0.05) is 113 Å². The van der Waals surface area contributed by atoms with Crippen LogP contribution in [0.5, 0.6) is 11.5 Å². The maximum atomic E-state index is 14.2. The predicted octanol–water partition coefficient (Wildman–Crippen LogP) is 12.3. The number of likely N-dealkylation sites (N-methyl/N-ethyl adjacent to an activating group) is 1. The van der Waals surface area contributed by atoms with Crippen molar-refractivity contribution in [1.29, 1.82) is 0 Å². The Morgan fingerprint density at radius 2 is 1.61 bits per heavy atom. The van der Waals surface area contributed by atoms with E-state index in [4.69, 9.17) is 28.9 Å². The Morgan fingerprint density at radius 1 is 0.922 bits per heavy atom. The van der Waals surface area contributed by atoms with Crippen molar-refractivity contribution in [3.05, 3.63) is 78.4 Å². The molecule has 0 unspecified atom stereocenters. The number of ether oxygens (including phenoxy) is 4. The first-order chi connectivity index (χ1) is 31.1. The van der Waals surface area contributed by atoms with Gasteiger partial charge in [0.15, 0.2) is 0 Å². The van der Waals surface area contributed by atoms with Crippen LogP contribution in [0.3, 0.4) is 0 Å². The number of hydrogen-bond donors (Lipinski definition) is 2. The Bertz CT molecular complexity index is 1760. The Labute approximate surface area is 389 Å². The second-order valence-electron chi connectivity index (χ2n) is 18.9. The lowest BCUT2D eigenvalue weighted by molar-refractivity contribution is -0.253. The molecule has 2 aliphatic carbocycles. The molecule has 5 rings (SSSR count). The Morgan fingerprint density at radius 3 is 2.28 bits per heavy atom. The molecule has 6 atom stereocenters. The highest BCUT2D eigenvalue weighted by molar-refractivity contribution is 7.99. The van der Waals surface area contributed by atoms with Gasteiger partial charge in [0.1, 0.15) is 23.1 Å². The van der Waals surface area contributed by atoms with Gasteiger partial charge in [0.05, 0.1) is 31.5 Å². The fourth-order valence-corrected chi connectivity index (χ4v) is 10.6. The van der Waals surface area contributed by atoms with Crippen molar-refractivity contribution in [2.24, 2.45) is 22.9 Å². The van der Waals surface area contributed by atoms with Crippen molar-refractivity contribution in [3.8, 4) is 11.5 Å². The summed E-state index contributed by atoms with van der Waals surface area (Å²) < 4.78 is 26.8. The number of nitrogens with zero attached hydrogens (tertiary/aromatic N) is 2. The summed E-state index contributed by atoms with van der Waals surface area (Å²) in [6.45, 7) is 13.6. The summed E-state index contributed by atoms with van der Waals surface area (Å²) in [5.41, 5.74) is 2.25. The Balaban J connectivity index is 1.51. The van der Waals surface area contributed by atoms with Gasteiger partial charge < -0.3 is 38.9 Å². The molecule has 10 nitrogen and oxygen atoms in total. The maximum absolute atomic E-state index is 14.2. The van der Waals surface area contributed by atoms with Crippen LogP contribution in [0.2, 0.25) is 0 Å². The summed E-state index contributed by atoms with van der Waals surface area (Å²) >= 11 is 1.76. The molecule has 0 saturated heterocycles. The van der Waals surface area contributed by atoms with Gasteiger partial charge in [-0.2, -0.15) is 0 Å². The molecule has 1 saturated carbocycles. The normalized spacial score (nSPS) is 23.1. The molecular formula is C53H80N2O8S. The highest BCUT2D eigenvalue weighted by Gasteiger charge is 2.65. The van der Waals surface area contributed by atoms with E-state index >= 15 is 0 Å². The second-order valence-corrected chi connectivity index (χ2v) is 20.1. The van der Waals surface area contributed by atoms with Crippen LogP contribution < -0.4 is 9.47 Å². The Kier molecular flexibility index (Phi) is 21.4. The van der Waals surface area contributed by atoms with Crippen LogP contribution in [0.25, 0.3) is 0 Å². The van der Waals surface area contributed by atoms with Gasteiger partial charge in [0.2, 0.25) is 5.79 Å². The molecule has 1 amide bonds. The summed E-state index contributed by atoms with van der Waals surface area (Å²) in [5.74, 6) is 0.657. The lowest BCUT2D eigenvalue weighted by Crippen LogP contribution is -2.69. The van der Waals surface area contributed by atoms with Gasteiger partial charge in [0, 0.05) is 48.8 Å². The molecule has 3 aliphatic rings. The van der Waals surface area contributed by atoms with E-state index in [1.54, 1.807) is 29.8 Å². The largest absolute Gasteiger partial charge is 0.493 e. The first kappa shape index (κ1) is 51.5. The number of fused-ring (bicyclic) bond motifs is 2. The fraction of sp³-hybridized carbons (Fsp3) is 0.660. The number of carbonyl (C=O) groups excluding carboxylic acids is 1. The van der Waals surface area contributed by atoms with E-state index in [0.29, 0.717) is 38.2 Å². The first-order valence-electron chi connectivity index (χ1n) is 24.5. The number of amides is 1. The summed E-state index contributed by atoms with van der Waals surface area (Å²) in [6.07, 6.45) is 20.8. The van der Waals surface area contributed by atoms with Crippen molar-refractivity contribution in [2.45, 2.75) is 165 Å². The van der Waals surface area contributed by atoms with Crippen molar-refractivity contribution in [1.82, 2.24) is 4.90 Å². The standard InChI is InChI=1S/C53H80N2O8S/c1-7-9-10-11-12-13-14-15-16-24-34-60-51(58)55(6)48-39-46(54-63-52(3,4)5)44-37-40(25-20-22-31-56)43(28-21-23-32-57)49-45-38-41(59-35-36-64-42-26-18-17-19-27-42)29-30-47(45)62-53(48,50(44)49)61-33-8-2/h8,17-19,26-27,29-30,37-38,40,43,48-50,56-57H,2,7,9-16,20-25,28,31-36,39H2,1,3-6H3/t40-,43+,48-,49+,50+,53+/m0/s1. The topological polar surface area (TPSA) is 119 Å². The van der Waals surface area contributed by atoms with E-state index in [2.05, 4.69) is 37.8 Å². The molecule has 356 valence electrons. The number of oxime groups is 1. The number of rotatable bonds is 29. The number of unbranched alkanes of at least 4 members (excludes halogenated alkanes) is 11. The first-order valence-corrected chi connectivity index (χ1v) is 25.5. The molecule has 1 fully saturated rings. The lowest BCUT2D eigenvalue weighted by Gasteiger charge is -2.59. The molecule has 64 heavy (non-hydrogen) atoms. The highest BCUT2D eigenvalue weighted by atomic mass is 32.2. The number of aliphatic hydroxyl groups is 2. The summed E-state index contributed by atoms with van der Waals surface area (Å²) in [4.78, 5) is 23.3. The molecule has 2 N–H and O–H groups in total. The van der Waals surface area contributed by atoms with E-state index < -0.39 is 29.4 Å². The predicted molar refractivity (Wildman–Crippen MR) is 259 cm³/mol. The van der Waals surface area contributed by atoms with Gasteiger partial charge in [0.25, 0.3) is 0 Å². The minimum atomic E-state index is -1.33. The summed E-state index contributed by atoms with van der Waals surface area (Å²) in [6, 6.07) is 15.8. The fourth-order valence-electron chi connectivity index (χ4n) is 9.82. The van der Waals surface area contributed by atoms with Gasteiger partial charge in [-0.25, -0.2) is 4.79 Å². The van der Waals surface area contributed by atoms with Crippen LogP contribution in [-0.4, -0.2) is 90.2 Å². The molecule has 11 heteroatoms. The van der Waals surface area contributed by atoms with E-state index in [1.807, 2.05) is 51.1 Å². The molecule has 2 aromatic carbocycles. The smallest absolute Gasteiger partial charge is 0.409 e. The number of hydrogen-bond acceptors (Lipinski definition) is 10. The third-order valence-electron chi connectivity index (χ3n) is 12.9. The number of carbonyl (C=O) groups is 1. The Hall–Kier alpha value is -3.51. The molecule has 0 spiro atoms. The molecule has 0 bridgehead atoms. The SMILES string of the molecule is C=CCO[C@@]12Oc3ccc(OCCSc4ccccc4)cc3[C@H]3[C@H](CCCCO)[C@@H](CCCCO)C=C(C(=NOC(C)(C)C)C[C@@H]1N(C)C(=O)OCCCCCCCCCCCC)[C@H]32. The monoisotopic (exact) mass is 905 g/mol. The van der Waals surface area contributed by atoms with Crippen LogP contribution in [0.15, 0.2) is 82.9 Å². The van der Waals surface area contributed by atoms with Crippen LogP contribution >= 0.6 is 11.8 Å². The third-order valence-corrected chi connectivity index (χ3v) is 13.9. The third kappa shape index (κ3) is 14.5. The van der Waals surface area contributed by atoms with Gasteiger partial charge >= 0.3 is 6.09 Å². The number of benzene rings is 2. The molecule has 1 heterocycles. The van der Waals surface area contributed by atoms with E-state index in [1.165, 1.54) is 49.8 Å². The zero-order valence-corrected chi connectivity index (χ0v) is 40.6. The van der Waals surface area contributed by atoms with Crippen LogP contribution in [0.4, 0.5) is 4.79 Å². The van der Waals surface area contributed by atoms with E-state index in [0.717, 1.165) is 73.3 Å². The van der Waals surface area contributed by atoms with Crippen molar-refractivity contribution in [3.63, 3.8) is 0 Å². The molecule has 0 aromatic heterocycles. The highest BCUT2D eigenvalue weighted by Crippen LogP contribution is 2.62. The lowest BCUT2D eigenvalue weighted by atomic mass is 9.55. The van der Waals surface area contributed by atoms with Crippen LogP contribution in [-0.2, 0) is 14.3 Å². The second kappa shape index (κ2) is 26.6. The van der Waals surface area contributed by atoms with Crippen molar-refractivity contribution in [2.75, 3.05) is 45.8 Å². The number of allylic oxidation sites excluding steroid dienone is 1. The number of aliphatic hydroxyl groups excluding tert-OH is 2. The van der Waals surface area contributed by atoms with Gasteiger partial charge in [-0.15, -0.1) is 18.3 Å². The minimum Gasteiger partial charge on any atom is -0.493 e. The average molecular weight is 905 g/mol. The molecular weight excluding hydrogens is 825 g/mol. The van der Waals surface area contributed by atoms with Gasteiger partial charge in [-0.3, -0.25) is 0 Å². The van der Waals surface area contributed by atoms with Gasteiger partial charge in [-0.05, 0) is 101 Å². The molecule has 0 radical (unpaired) electrons. The maximum Gasteiger partial charge on any atom is 0.409 e. The molecule has 2 aromatic rings. The van der Waals surface area contributed by atoms with E-state index in [-0.39, 0.29) is 37.6 Å². The number of thioether (sulfide) groups is 1. The van der Waals surface area contributed by atoms with Crippen molar-refractivity contribution >= 4 is 23.6 Å². The van der Waals surface area contributed by atoms with E-state index in [9.17, 15) is 15.0 Å². The summed E-state index contributed by atoms with van der Waals surface area (Å²) in [5, 5.41) is 24.8. The zero-order valence-electron chi connectivity index (χ0n) is 39.8. The minimum absolute atomic E-state index is 0.120. The average Bonchev–Trinajstić information content (AvgIpc) is 3.29. The quantitative estimate of drug-likeness (QED) is 0.0356. The molecule has 1 aliphatic heterocycles. The van der Waals surface area contributed by atoms with Crippen LogP contribution in [0, 0.1) is 17.8 Å². The van der Waals surface area contributed by atoms with Crippen LogP contribution in [0.1, 0.15) is 148 Å². The van der Waals surface area contributed by atoms with Crippen molar-refractivity contribution < 1.29 is 38.8 Å². The summed E-state index contributed by atoms with van der Waals surface area (Å²) in [7, 11) is 1.79.